The van der Waals surface area contributed by atoms with Crippen molar-refractivity contribution in [2.75, 3.05) is 26.4 Å². The van der Waals surface area contributed by atoms with E-state index in [2.05, 4.69) is 0 Å². The van der Waals surface area contributed by atoms with Gasteiger partial charge in [0.25, 0.3) is 5.79 Å². The molecule has 18 heteroatoms. The number of carbonyl (C=O) groups is 3. The third-order valence-corrected chi connectivity index (χ3v) is 7.86. The van der Waals surface area contributed by atoms with Gasteiger partial charge in [-0.1, -0.05) is 24.3 Å². The summed E-state index contributed by atoms with van der Waals surface area (Å²) >= 11 is 0. The Hall–Kier alpha value is -5.63. The Bertz CT molecular complexity index is 1810. The van der Waals surface area contributed by atoms with E-state index >= 15 is 0 Å². The van der Waals surface area contributed by atoms with Crippen LogP contribution in [0.25, 0.3) is 0 Å². The van der Waals surface area contributed by atoms with Crippen molar-refractivity contribution in [1.82, 2.24) is 0 Å². The number of hydrogen-bond donors (Lipinski definition) is 10. The third kappa shape index (κ3) is 10.5. The summed E-state index contributed by atoms with van der Waals surface area (Å²) in [4.78, 5) is 39.2. The SMILES string of the molecule is O=C(Cc1ccc(O)c(O)c1)OC[C@H]1O[C@@H](OC/C(=C/CO)CO)[C@H](OC(=O)Cc2ccc(O)c(O)c2)[C@](O)(OC(=O)Cc2ccc(O)c(O)c2)[C@@H]1O. The number of phenolic OH excluding ortho intramolecular Hbond substituents is 6. The van der Waals surface area contributed by atoms with Gasteiger partial charge in [-0.25, -0.2) is 0 Å². The summed E-state index contributed by atoms with van der Waals surface area (Å²) in [5.41, 5.74) is 0.507. The van der Waals surface area contributed by atoms with Gasteiger partial charge in [-0.3, -0.25) is 14.4 Å². The van der Waals surface area contributed by atoms with Crippen molar-refractivity contribution in [2.24, 2.45) is 0 Å². The first-order valence-corrected chi connectivity index (χ1v) is 15.8. The Kier molecular flexibility index (Phi) is 13.4. The zero-order valence-electron chi connectivity index (χ0n) is 27.8. The molecule has 3 aromatic rings. The molecule has 1 aliphatic rings. The molecular weight excluding hydrogens is 708 g/mol. The molecule has 0 amide bonds. The second kappa shape index (κ2) is 17.7. The second-order valence-corrected chi connectivity index (χ2v) is 11.8. The van der Waals surface area contributed by atoms with Gasteiger partial charge in [0, 0.05) is 0 Å². The van der Waals surface area contributed by atoms with Crippen molar-refractivity contribution >= 4 is 17.9 Å². The monoisotopic (exact) mass is 746 g/mol. The van der Waals surface area contributed by atoms with Crippen molar-refractivity contribution in [3.63, 3.8) is 0 Å². The number of benzene rings is 3. The Morgan fingerprint density at radius 3 is 1.68 bits per heavy atom. The van der Waals surface area contributed by atoms with Crippen molar-refractivity contribution in [3.8, 4) is 34.5 Å². The van der Waals surface area contributed by atoms with Crippen LogP contribution in [0.3, 0.4) is 0 Å². The molecule has 1 fully saturated rings. The maximum Gasteiger partial charge on any atom is 0.313 e. The predicted octanol–water partition coefficient (Wildman–Crippen LogP) is -0.352. The summed E-state index contributed by atoms with van der Waals surface area (Å²) in [5, 5.41) is 101. The van der Waals surface area contributed by atoms with Crippen LogP contribution in [0.15, 0.2) is 66.2 Å². The average Bonchev–Trinajstić information content (AvgIpc) is 3.10. The molecule has 4 rings (SSSR count). The fraction of sp³-hybridized carbons (Fsp3) is 0.343. The fourth-order valence-corrected chi connectivity index (χ4v) is 5.12. The van der Waals surface area contributed by atoms with Crippen LogP contribution in [0.5, 0.6) is 34.5 Å². The number of carbonyl (C=O) groups excluding carboxylic acids is 3. The molecule has 0 unspecified atom stereocenters. The lowest BCUT2D eigenvalue weighted by molar-refractivity contribution is -0.388. The average molecular weight is 747 g/mol. The molecule has 1 aliphatic heterocycles. The molecule has 0 bridgehead atoms. The Balaban J connectivity index is 1.65. The molecule has 0 radical (unpaired) electrons. The molecule has 18 nitrogen and oxygen atoms in total. The highest BCUT2D eigenvalue weighted by molar-refractivity contribution is 5.75. The maximum atomic E-state index is 13.2. The van der Waals surface area contributed by atoms with Crippen LogP contribution in [0, 0.1) is 0 Å². The molecule has 0 saturated carbocycles. The Labute approximate surface area is 300 Å². The molecule has 0 aromatic heterocycles. The van der Waals surface area contributed by atoms with E-state index in [-0.39, 0.29) is 22.3 Å². The van der Waals surface area contributed by atoms with Gasteiger partial charge in [-0.05, 0) is 58.7 Å². The largest absolute Gasteiger partial charge is 0.504 e. The number of phenols is 6. The Morgan fingerprint density at radius 1 is 0.717 bits per heavy atom. The molecule has 0 spiro atoms. The fourth-order valence-electron chi connectivity index (χ4n) is 5.12. The van der Waals surface area contributed by atoms with Crippen LogP contribution in [0.2, 0.25) is 0 Å². The first-order valence-electron chi connectivity index (χ1n) is 15.8. The Morgan fingerprint density at radius 2 is 1.21 bits per heavy atom. The lowest BCUT2D eigenvalue weighted by Gasteiger charge is -2.47. The minimum atomic E-state index is -3.23. The highest BCUT2D eigenvalue weighted by Crippen LogP contribution is 2.36. The molecule has 1 heterocycles. The minimum Gasteiger partial charge on any atom is -0.504 e. The summed E-state index contributed by atoms with van der Waals surface area (Å²) in [5.74, 6) is -9.64. The van der Waals surface area contributed by atoms with E-state index in [1.54, 1.807) is 0 Å². The van der Waals surface area contributed by atoms with Crippen LogP contribution in [0.1, 0.15) is 16.7 Å². The van der Waals surface area contributed by atoms with Crippen molar-refractivity contribution in [3.05, 3.63) is 82.9 Å². The van der Waals surface area contributed by atoms with Crippen LogP contribution >= 0.6 is 0 Å². The van der Waals surface area contributed by atoms with E-state index < -0.39 is 128 Å². The van der Waals surface area contributed by atoms with Crippen LogP contribution in [-0.2, 0) is 57.3 Å². The number of aromatic hydroxyl groups is 6. The highest BCUT2D eigenvalue weighted by atomic mass is 16.8. The zero-order valence-corrected chi connectivity index (χ0v) is 27.8. The van der Waals surface area contributed by atoms with Crippen LogP contribution < -0.4 is 0 Å². The summed E-state index contributed by atoms with van der Waals surface area (Å²) in [6.45, 7) is -2.52. The standard InChI is InChI=1S/C35H38O18/c36-8-7-21(15-37)16-50-34-33(52-30(45)13-19-2-5-23(39)26(42)10-19)35(48,53-31(46)14-20-3-6-24(40)27(43)11-20)32(47)28(51-34)17-49-29(44)12-18-1-4-22(38)25(41)9-18/h1-7,9-11,28,32-34,36-43,47-48H,8,12-17H2/b21-7+/t28-,32-,33+,34-,35-/m1/s1. The van der Waals surface area contributed by atoms with Gasteiger partial charge in [-0.15, -0.1) is 0 Å². The van der Waals surface area contributed by atoms with Gasteiger partial charge in [0.15, 0.2) is 40.6 Å². The van der Waals surface area contributed by atoms with E-state index in [4.69, 9.17) is 23.7 Å². The first-order chi connectivity index (χ1) is 25.1. The summed E-state index contributed by atoms with van der Waals surface area (Å²) < 4.78 is 27.5. The van der Waals surface area contributed by atoms with Gasteiger partial charge in [0.05, 0.1) is 39.1 Å². The number of esters is 3. The number of rotatable bonds is 15. The molecule has 10 N–H and O–H groups in total. The third-order valence-electron chi connectivity index (χ3n) is 7.86. The van der Waals surface area contributed by atoms with Crippen LogP contribution in [0.4, 0.5) is 0 Å². The lowest BCUT2D eigenvalue weighted by atomic mass is 9.94. The number of aliphatic hydroxyl groups excluding tert-OH is 3. The molecule has 0 aliphatic carbocycles. The van der Waals surface area contributed by atoms with Crippen molar-refractivity contribution in [2.45, 2.75) is 49.7 Å². The quantitative estimate of drug-likeness (QED) is 0.0312. The second-order valence-electron chi connectivity index (χ2n) is 11.8. The van der Waals surface area contributed by atoms with E-state index in [0.29, 0.717) is 0 Å². The molecule has 1 saturated heterocycles. The first kappa shape index (κ1) is 40.1. The van der Waals surface area contributed by atoms with Crippen LogP contribution in [-0.4, -0.2) is 126 Å². The predicted molar refractivity (Wildman–Crippen MR) is 175 cm³/mol. The van der Waals surface area contributed by atoms with Gasteiger partial charge in [0.2, 0.25) is 12.4 Å². The van der Waals surface area contributed by atoms with Crippen molar-refractivity contribution < 1.29 is 89.1 Å². The van der Waals surface area contributed by atoms with Gasteiger partial charge < -0.3 is 74.7 Å². The molecule has 286 valence electrons. The smallest absolute Gasteiger partial charge is 0.313 e. The maximum absolute atomic E-state index is 13.2. The topological polar surface area (TPSA) is 300 Å². The molecular formula is C35H38O18. The normalized spacial score (nSPS) is 21.5. The summed E-state index contributed by atoms with van der Waals surface area (Å²) in [7, 11) is 0. The van der Waals surface area contributed by atoms with Gasteiger partial charge >= 0.3 is 17.9 Å². The summed E-state index contributed by atoms with van der Waals surface area (Å²) in [6, 6.07) is 10.3. The highest BCUT2D eigenvalue weighted by Gasteiger charge is 2.61. The lowest BCUT2D eigenvalue weighted by Crippen LogP contribution is -2.70. The van der Waals surface area contributed by atoms with E-state index in [1.165, 1.54) is 24.3 Å². The van der Waals surface area contributed by atoms with E-state index in [0.717, 1.165) is 36.4 Å². The summed E-state index contributed by atoms with van der Waals surface area (Å²) in [6.07, 6.45) is -8.81. The molecule has 53 heavy (non-hydrogen) atoms. The van der Waals surface area contributed by atoms with E-state index in [1.807, 2.05) is 0 Å². The zero-order chi connectivity index (χ0) is 38.9. The van der Waals surface area contributed by atoms with E-state index in [9.17, 15) is 65.4 Å². The molecule has 5 atom stereocenters. The number of ether oxygens (including phenoxy) is 5. The number of aliphatic hydroxyl groups is 4. The van der Waals surface area contributed by atoms with Crippen molar-refractivity contribution in [1.29, 1.82) is 0 Å². The minimum absolute atomic E-state index is 0.0800. The molecule has 3 aromatic carbocycles. The number of hydrogen-bond acceptors (Lipinski definition) is 18. The van der Waals surface area contributed by atoms with Gasteiger partial charge in [-0.2, -0.15) is 0 Å². The van der Waals surface area contributed by atoms with Gasteiger partial charge in [0.1, 0.15) is 12.7 Å².